The van der Waals surface area contributed by atoms with Gasteiger partial charge in [0.15, 0.2) is 0 Å². The lowest BCUT2D eigenvalue weighted by atomic mass is 10.1. The number of nitrogens with zero attached hydrogens (tertiary/aromatic N) is 3. The Labute approximate surface area is 90.3 Å². The number of hydrogen-bond donors (Lipinski definition) is 2. The van der Waals surface area contributed by atoms with Crippen LogP contribution in [0.4, 0.5) is 4.79 Å². The quantitative estimate of drug-likeness (QED) is 0.308. The highest BCUT2D eigenvalue weighted by atomic mass is 16.4. The van der Waals surface area contributed by atoms with Crippen LogP contribution in [0.15, 0.2) is 5.16 Å². The average Bonchev–Trinajstić information content (AvgIpc) is 2.25. The number of carbonyl (C=O) groups is 1. The molecule has 0 aromatic heterocycles. The molecule has 0 spiro atoms. The summed E-state index contributed by atoms with van der Waals surface area (Å²) >= 11 is 0. The molecule has 2 amide bonds. The molecule has 0 aromatic carbocycles. The van der Waals surface area contributed by atoms with E-state index < -0.39 is 0 Å². The number of nitrogens with two attached hydrogens (primary N) is 1. The first-order valence-electron chi connectivity index (χ1n) is 4.87. The normalized spacial score (nSPS) is 13.5. The minimum absolute atomic E-state index is 0.0740. The van der Waals surface area contributed by atoms with Crippen molar-refractivity contribution in [3.05, 3.63) is 0 Å². The molecule has 6 nitrogen and oxygen atoms in total. The Hall–Kier alpha value is -1.46. The van der Waals surface area contributed by atoms with Gasteiger partial charge in [-0.3, -0.25) is 0 Å². The molecule has 0 aromatic rings. The van der Waals surface area contributed by atoms with Crippen LogP contribution >= 0.6 is 0 Å². The minimum atomic E-state index is -0.158. The molecule has 0 saturated carbocycles. The molecule has 0 heterocycles. The van der Waals surface area contributed by atoms with Gasteiger partial charge in [-0.15, -0.1) is 0 Å². The van der Waals surface area contributed by atoms with Crippen molar-refractivity contribution in [2.24, 2.45) is 16.8 Å². The zero-order valence-corrected chi connectivity index (χ0v) is 9.77. The highest BCUT2D eigenvalue weighted by molar-refractivity contribution is 5.83. The fourth-order valence-electron chi connectivity index (χ4n) is 1.11. The van der Waals surface area contributed by atoms with Crippen LogP contribution in [0.5, 0.6) is 0 Å². The van der Waals surface area contributed by atoms with Crippen molar-refractivity contribution >= 4 is 11.9 Å². The van der Waals surface area contributed by atoms with Crippen LogP contribution in [-0.2, 0) is 0 Å². The molecule has 3 N–H and O–H groups in total. The molecule has 0 radical (unpaired) electrons. The Balaban J connectivity index is 4.24. The van der Waals surface area contributed by atoms with Crippen LogP contribution in [0, 0.1) is 5.92 Å². The van der Waals surface area contributed by atoms with E-state index in [0.717, 1.165) is 0 Å². The van der Waals surface area contributed by atoms with Gasteiger partial charge in [0.05, 0.1) is 0 Å². The van der Waals surface area contributed by atoms with Crippen molar-refractivity contribution < 1.29 is 10.0 Å². The van der Waals surface area contributed by atoms with Crippen LogP contribution in [0.1, 0.15) is 13.8 Å². The molecule has 15 heavy (non-hydrogen) atoms. The zero-order valence-electron chi connectivity index (χ0n) is 9.77. The van der Waals surface area contributed by atoms with Crippen molar-refractivity contribution in [2.75, 3.05) is 27.2 Å². The molecule has 6 heteroatoms. The van der Waals surface area contributed by atoms with Crippen molar-refractivity contribution in [3.8, 4) is 0 Å². The predicted molar refractivity (Wildman–Crippen MR) is 58.9 cm³/mol. The van der Waals surface area contributed by atoms with Gasteiger partial charge in [-0.25, -0.2) is 4.79 Å². The fraction of sp³-hybridized carbons (Fsp3) is 0.778. The molecule has 0 saturated heterocycles. The Morgan fingerprint density at radius 2 is 2.00 bits per heavy atom. The summed E-state index contributed by atoms with van der Waals surface area (Å²) < 4.78 is 0. The molecule has 0 fully saturated rings. The molecule has 0 aliphatic heterocycles. The van der Waals surface area contributed by atoms with E-state index in [9.17, 15) is 4.79 Å². The lowest BCUT2D eigenvalue weighted by molar-refractivity contribution is 0.172. The summed E-state index contributed by atoms with van der Waals surface area (Å²) in [7, 11) is 3.42. The topological polar surface area (TPSA) is 82.2 Å². The Kier molecular flexibility index (Phi) is 5.51. The minimum Gasteiger partial charge on any atom is -0.409 e. The molecule has 1 unspecified atom stereocenters. The van der Waals surface area contributed by atoms with Crippen molar-refractivity contribution in [3.63, 3.8) is 0 Å². The third kappa shape index (κ3) is 4.05. The van der Waals surface area contributed by atoms with Gasteiger partial charge in [-0.05, 0) is 6.92 Å². The molecule has 1 atom stereocenters. The number of amides is 2. The Bertz CT molecular complexity index is 242. The molecule has 0 rings (SSSR count). The van der Waals surface area contributed by atoms with E-state index >= 15 is 0 Å². The van der Waals surface area contributed by atoms with Gasteiger partial charge in [0, 0.05) is 33.1 Å². The maximum absolute atomic E-state index is 11.6. The lowest BCUT2D eigenvalue weighted by Gasteiger charge is -2.25. The summed E-state index contributed by atoms with van der Waals surface area (Å²) in [5.74, 6) is -0.0250. The third-order valence-corrected chi connectivity index (χ3v) is 2.30. The molecular weight excluding hydrogens is 196 g/mol. The molecule has 0 aliphatic carbocycles. The van der Waals surface area contributed by atoms with Crippen LogP contribution in [-0.4, -0.2) is 54.1 Å². The van der Waals surface area contributed by atoms with Crippen LogP contribution in [0.25, 0.3) is 0 Å². The first-order valence-corrected chi connectivity index (χ1v) is 4.87. The first-order chi connectivity index (χ1) is 6.93. The Morgan fingerprint density at radius 1 is 1.47 bits per heavy atom. The highest BCUT2D eigenvalue weighted by Gasteiger charge is 2.17. The third-order valence-electron chi connectivity index (χ3n) is 2.30. The molecule has 0 aliphatic rings. The highest BCUT2D eigenvalue weighted by Crippen LogP contribution is 2.01. The summed E-state index contributed by atoms with van der Waals surface area (Å²) in [4.78, 5) is 14.8. The Morgan fingerprint density at radius 3 is 2.40 bits per heavy atom. The van der Waals surface area contributed by atoms with Gasteiger partial charge in [0.2, 0.25) is 0 Å². The van der Waals surface area contributed by atoms with Gasteiger partial charge in [0.1, 0.15) is 5.84 Å². The van der Waals surface area contributed by atoms with E-state index in [1.54, 1.807) is 30.8 Å². The van der Waals surface area contributed by atoms with Gasteiger partial charge < -0.3 is 20.7 Å². The number of carbonyl (C=O) groups excluding carboxylic acids is 1. The van der Waals surface area contributed by atoms with Crippen molar-refractivity contribution in [1.82, 2.24) is 9.80 Å². The predicted octanol–water partition coefficient (Wildman–Crippen LogP) is 0.372. The van der Waals surface area contributed by atoms with Crippen LogP contribution in [0.3, 0.4) is 0 Å². The number of urea groups is 1. The first kappa shape index (κ1) is 13.5. The summed E-state index contributed by atoms with van der Waals surface area (Å²) in [5.41, 5.74) is 5.42. The maximum atomic E-state index is 11.6. The molecule has 88 valence electrons. The van der Waals surface area contributed by atoms with Crippen molar-refractivity contribution in [1.29, 1.82) is 0 Å². The SMILES string of the molecule is CCN(C)C(=O)N(C)CC(C)C(N)=NO. The average molecular weight is 216 g/mol. The van der Waals surface area contributed by atoms with E-state index in [4.69, 9.17) is 10.9 Å². The summed E-state index contributed by atoms with van der Waals surface area (Å²) in [6, 6.07) is -0.0740. The van der Waals surface area contributed by atoms with E-state index in [2.05, 4.69) is 5.16 Å². The van der Waals surface area contributed by atoms with Gasteiger partial charge in [0.25, 0.3) is 0 Å². The van der Waals surface area contributed by atoms with E-state index in [-0.39, 0.29) is 17.8 Å². The van der Waals surface area contributed by atoms with E-state index in [1.807, 2.05) is 6.92 Å². The summed E-state index contributed by atoms with van der Waals surface area (Å²) in [6.07, 6.45) is 0. The monoisotopic (exact) mass is 216 g/mol. The largest absolute Gasteiger partial charge is 0.409 e. The number of oxime groups is 1. The van der Waals surface area contributed by atoms with Crippen molar-refractivity contribution in [2.45, 2.75) is 13.8 Å². The fourth-order valence-corrected chi connectivity index (χ4v) is 1.11. The van der Waals surface area contributed by atoms with Gasteiger partial charge in [-0.1, -0.05) is 12.1 Å². The summed E-state index contributed by atoms with van der Waals surface area (Å²) in [5, 5.41) is 11.4. The van der Waals surface area contributed by atoms with Gasteiger partial charge in [-0.2, -0.15) is 0 Å². The second-order valence-electron chi connectivity index (χ2n) is 3.60. The maximum Gasteiger partial charge on any atom is 0.319 e. The smallest absolute Gasteiger partial charge is 0.319 e. The lowest BCUT2D eigenvalue weighted by Crippen LogP contribution is -2.42. The second kappa shape index (κ2) is 6.10. The molecule has 0 bridgehead atoms. The van der Waals surface area contributed by atoms with E-state index in [1.165, 1.54) is 0 Å². The zero-order chi connectivity index (χ0) is 12.0. The second-order valence-corrected chi connectivity index (χ2v) is 3.60. The number of hydrogen-bond acceptors (Lipinski definition) is 3. The summed E-state index contributed by atoms with van der Waals surface area (Å²) in [6.45, 7) is 4.78. The van der Waals surface area contributed by atoms with Gasteiger partial charge >= 0.3 is 6.03 Å². The molecular formula is C9H20N4O2. The van der Waals surface area contributed by atoms with Crippen LogP contribution < -0.4 is 5.73 Å². The number of rotatable bonds is 4. The standard InChI is InChI=1S/C9H20N4O2/c1-5-12(3)9(14)13(4)6-7(2)8(10)11-15/h7,15H,5-6H2,1-4H3,(H2,10,11). The van der Waals surface area contributed by atoms with E-state index in [0.29, 0.717) is 13.1 Å². The number of amidine groups is 1. The van der Waals surface area contributed by atoms with Crippen LogP contribution in [0.2, 0.25) is 0 Å².